The molecule has 0 spiro atoms. The zero-order valence-electron chi connectivity index (χ0n) is 7.55. The van der Waals surface area contributed by atoms with Crippen LogP contribution in [0.5, 0.6) is 0 Å². The molecule has 0 bridgehead atoms. The zero-order valence-corrected chi connectivity index (χ0v) is 7.55. The monoisotopic (exact) mass is 237 g/mol. The molecule has 1 aromatic rings. The predicted molar refractivity (Wildman–Crippen MR) is 43.5 cm³/mol. The summed E-state index contributed by atoms with van der Waals surface area (Å²) in [5.41, 5.74) is -2.90. The summed E-state index contributed by atoms with van der Waals surface area (Å²) in [5, 5.41) is 0. The van der Waals surface area contributed by atoms with Crippen molar-refractivity contribution >= 4 is 6.08 Å². The molecule has 0 aliphatic rings. The molecule has 0 atom stereocenters. The average Bonchev–Trinajstić information content (AvgIpc) is 2.16. The van der Waals surface area contributed by atoms with Gasteiger partial charge >= 0.3 is 12.2 Å². The Balaban J connectivity index is 3.40. The van der Waals surface area contributed by atoms with Gasteiger partial charge in [-0.25, -0.2) is 4.79 Å². The van der Waals surface area contributed by atoms with E-state index in [4.69, 9.17) is 0 Å². The van der Waals surface area contributed by atoms with Gasteiger partial charge < -0.3 is 0 Å². The first-order valence-corrected chi connectivity index (χ1v) is 3.92. The molecule has 0 aliphatic carbocycles. The quantitative estimate of drug-likeness (QED) is 0.336. The van der Waals surface area contributed by atoms with Crippen molar-refractivity contribution in [3.05, 3.63) is 35.4 Å². The molecule has 0 saturated carbocycles. The summed E-state index contributed by atoms with van der Waals surface area (Å²) in [6.45, 7) is 0. The maximum absolute atomic E-state index is 13.0. The molecule has 0 heterocycles. The van der Waals surface area contributed by atoms with E-state index in [1.54, 1.807) is 0 Å². The zero-order chi connectivity index (χ0) is 12.4. The van der Waals surface area contributed by atoms with E-state index in [0.717, 1.165) is 12.1 Å². The van der Waals surface area contributed by atoms with Crippen LogP contribution in [0.25, 0.3) is 0 Å². The Bertz CT molecular complexity index is 434. The molecule has 0 aromatic heterocycles. The summed E-state index contributed by atoms with van der Waals surface area (Å²) in [6.07, 6.45) is -4.39. The number of isocyanates is 1. The molecule has 1 aromatic carbocycles. The van der Waals surface area contributed by atoms with Gasteiger partial charge in [0.25, 0.3) is 0 Å². The van der Waals surface area contributed by atoms with Crippen LogP contribution in [0, 0.1) is 0 Å². The molecule has 1 rings (SSSR count). The van der Waals surface area contributed by atoms with E-state index in [0.29, 0.717) is 18.2 Å². The van der Waals surface area contributed by atoms with E-state index < -0.39 is 23.3 Å². The second kappa shape index (κ2) is 4.02. The van der Waals surface area contributed by atoms with E-state index >= 15 is 0 Å². The van der Waals surface area contributed by atoms with Gasteiger partial charge in [-0.3, -0.25) is 0 Å². The number of aliphatic imine (C=N–C) groups is 1. The number of nitrogens with zero attached hydrogens (tertiary/aromatic N) is 1. The number of alkyl halides is 5. The van der Waals surface area contributed by atoms with Crippen LogP contribution in [0.4, 0.5) is 22.0 Å². The molecule has 0 radical (unpaired) electrons. The van der Waals surface area contributed by atoms with Crippen molar-refractivity contribution in [2.75, 3.05) is 0 Å². The van der Waals surface area contributed by atoms with Crippen LogP contribution in [-0.2, 0) is 17.0 Å². The van der Waals surface area contributed by atoms with E-state index in [2.05, 4.69) is 4.99 Å². The molecule has 7 heteroatoms. The van der Waals surface area contributed by atoms with E-state index in [1.165, 1.54) is 0 Å². The summed E-state index contributed by atoms with van der Waals surface area (Å²) < 4.78 is 63.1. The first-order chi connectivity index (χ1) is 7.29. The van der Waals surface area contributed by atoms with Gasteiger partial charge in [0.15, 0.2) is 0 Å². The lowest BCUT2D eigenvalue weighted by atomic mass is 10.1. The molecule has 0 saturated heterocycles. The number of hydrogen-bond donors (Lipinski definition) is 0. The molecule has 0 fully saturated rings. The highest BCUT2D eigenvalue weighted by atomic mass is 19.4. The molecule has 0 N–H and O–H groups in total. The molecular weight excluding hydrogens is 233 g/mol. The van der Waals surface area contributed by atoms with Crippen LogP contribution in [0.3, 0.4) is 0 Å². The largest absolute Gasteiger partial charge is 0.416 e. The van der Waals surface area contributed by atoms with Crippen molar-refractivity contribution in [1.82, 2.24) is 0 Å². The summed E-state index contributed by atoms with van der Waals surface area (Å²) in [5.74, 6) is 0. The van der Waals surface area contributed by atoms with Gasteiger partial charge in [0.1, 0.15) is 0 Å². The molecule has 0 amide bonds. The number of halogens is 5. The van der Waals surface area contributed by atoms with Crippen LogP contribution in [-0.4, -0.2) is 6.08 Å². The third-order valence-corrected chi connectivity index (χ3v) is 1.74. The van der Waals surface area contributed by atoms with Crippen LogP contribution in [0.15, 0.2) is 29.3 Å². The van der Waals surface area contributed by atoms with Gasteiger partial charge in [-0.2, -0.15) is 22.0 Å². The molecule has 16 heavy (non-hydrogen) atoms. The van der Waals surface area contributed by atoms with Crippen molar-refractivity contribution in [2.24, 2.45) is 4.99 Å². The summed E-state index contributed by atoms with van der Waals surface area (Å²) >= 11 is 0. The molecule has 86 valence electrons. The number of hydrogen-bond acceptors (Lipinski definition) is 2. The van der Waals surface area contributed by atoms with Crippen molar-refractivity contribution in [3.8, 4) is 0 Å². The maximum Gasteiger partial charge on any atom is 0.416 e. The van der Waals surface area contributed by atoms with Crippen molar-refractivity contribution in [1.29, 1.82) is 0 Å². The minimum absolute atomic E-state index is 0.490. The fraction of sp³-hybridized carbons (Fsp3) is 0.222. The van der Waals surface area contributed by atoms with Gasteiger partial charge in [0.05, 0.1) is 11.1 Å². The van der Waals surface area contributed by atoms with E-state index in [-0.39, 0.29) is 0 Å². The maximum atomic E-state index is 13.0. The second-order valence-corrected chi connectivity index (χ2v) is 2.79. The number of carbonyl (C=O) groups excluding carboxylic acids is 1. The molecule has 0 aliphatic heterocycles. The topological polar surface area (TPSA) is 29.4 Å². The smallest absolute Gasteiger partial charge is 0.211 e. The highest BCUT2D eigenvalue weighted by Gasteiger charge is 2.42. The summed E-state index contributed by atoms with van der Waals surface area (Å²) in [4.78, 5) is 11.8. The third-order valence-electron chi connectivity index (χ3n) is 1.74. The lowest BCUT2D eigenvalue weighted by Gasteiger charge is -2.16. The third kappa shape index (κ3) is 2.43. The Morgan fingerprint density at radius 1 is 1.00 bits per heavy atom. The SMILES string of the molecule is O=C=NC(F)(F)c1ccccc1C(F)(F)F. The fourth-order valence-electron chi connectivity index (χ4n) is 1.11. The summed E-state index contributed by atoms with van der Waals surface area (Å²) in [6, 6.07) is -1.22. The van der Waals surface area contributed by atoms with Crippen molar-refractivity contribution < 1.29 is 26.7 Å². The van der Waals surface area contributed by atoms with Gasteiger partial charge in [-0.15, -0.1) is 4.99 Å². The fourth-order valence-corrected chi connectivity index (χ4v) is 1.11. The van der Waals surface area contributed by atoms with E-state index in [1.807, 2.05) is 0 Å². The van der Waals surface area contributed by atoms with Crippen LogP contribution in [0.1, 0.15) is 11.1 Å². The average molecular weight is 237 g/mol. The lowest BCUT2D eigenvalue weighted by Crippen LogP contribution is -2.18. The van der Waals surface area contributed by atoms with Crippen LogP contribution >= 0.6 is 0 Å². The highest BCUT2D eigenvalue weighted by Crippen LogP contribution is 2.39. The van der Waals surface area contributed by atoms with Gasteiger partial charge in [0, 0.05) is 0 Å². The Kier molecular flexibility index (Phi) is 3.09. The minimum Gasteiger partial charge on any atom is -0.211 e. The lowest BCUT2D eigenvalue weighted by molar-refractivity contribution is -0.141. The minimum atomic E-state index is -4.93. The Labute approximate surface area is 86.4 Å². The Hall–Kier alpha value is -1.75. The van der Waals surface area contributed by atoms with Crippen molar-refractivity contribution in [2.45, 2.75) is 12.2 Å². The molecular formula is C9H4F5NO. The second-order valence-electron chi connectivity index (χ2n) is 2.79. The Morgan fingerprint density at radius 2 is 1.50 bits per heavy atom. The Morgan fingerprint density at radius 3 is 1.94 bits per heavy atom. The van der Waals surface area contributed by atoms with E-state index in [9.17, 15) is 26.7 Å². The van der Waals surface area contributed by atoms with Gasteiger partial charge in [-0.05, 0) is 6.07 Å². The first-order valence-electron chi connectivity index (χ1n) is 3.92. The van der Waals surface area contributed by atoms with Gasteiger partial charge in [0.2, 0.25) is 6.08 Å². The summed E-state index contributed by atoms with van der Waals surface area (Å²) in [7, 11) is 0. The standard InChI is InChI=1S/C9H4F5NO/c10-8(11,12)6-3-1-2-4-7(6)9(13,14)15-5-16/h1-4H. The number of rotatable bonds is 2. The molecule has 2 nitrogen and oxygen atoms in total. The van der Waals surface area contributed by atoms with Crippen molar-refractivity contribution in [3.63, 3.8) is 0 Å². The van der Waals surface area contributed by atoms with Crippen LogP contribution in [0.2, 0.25) is 0 Å². The van der Waals surface area contributed by atoms with Gasteiger partial charge in [-0.1, -0.05) is 18.2 Å². The molecule has 0 unspecified atom stereocenters. The first kappa shape index (κ1) is 12.3. The number of benzene rings is 1. The normalized spacial score (nSPS) is 12.1. The predicted octanol–water partition coefficient (Wildman–Crippen LogP) is 3.09. The highest BCUT2D eigenvalue weighted by molar-refractivity contribution is 5.39. The van der Waals surface area contributed by atoms with Crippen LogP contribution < -0.4 is 0 Å².